The molecule has 0 saturated heterocycles. The molecule has 0 fully saturated rings. The van der Waals surface area contributed by atoms with Gasteiger partial charge in [0.2, 0.25) is 5.89 Å². The molecule has 0 aliphatic carbocycles. The summed E-state index contributed by atoms with van der Waals surface area (Å²) in [5, 5.41) is 6.52. The van der Waals surface area contributed by atoms with Crippen molar-refractivity contribution < 1.29 is 8.83 Å². The summed E-state index contributed by atoms with van der Waals surface area (Å²) < 4.78 is 10.9. The minimum Gasteiger partial charge on any atom is -0.467 e. The fraction of sp³-hybridized carbons (Fsp3) is 0.300. The number of aryl methyl sites for hydroxylation is 1. The summed E-state index contributed by atoms with van der Waals surface area (Å²) in [5.74, 6) is 2.24. The molecule has 0 aliphatic heterocycles. The van der Waals surface area contributed by atoms with Crippen molar-refractivity contribution in [3.8, 4) is 11.5 Å². The SMILES string of the molecule is CCNC(=NCc1ccco1)NCCc1coc(-c2ccc(C)cc2)n1. The molecule has 0 aliphatic rings. The van der Waals surface area contributed by atoms with Gasteiger partial charge in [0.05, 0.1) is 12.0 Å². The van der Waals surface area contributed by atoms with E-state index in [-0.39, 0.29) is 0 Å². The number of aromatic nitrogens is 1. The molecule has 0 spiro atoms. The fourth-order valence-electron chi connectivity index (χ4n) is 2.46. The van der Waals surface area contributed by atoms with Gasteiger partial charge < -0.3 is 19.5 Å². The van der Waals surface area contributed by atoms with E-state index in [2.05, 4.69) is 39.7 Å². The highest BCUT2D eigenvalue weighted by Gasteiger charge is 2.07. The number of rotatable bonds is 7. The summed E-state index contributed by atoms with van der Waals surface area (Å²) in [6.07, 6.45) is 4.12. The van der Waals surface area contributed by atoms with E-state index in [1.807, 2.05) is 31.2 Å². The van der Waals surface area contributed by atoms with E-state index in [0.717, 1.165) is 35.9 Å². The Kier molecular flexibility index (Phi) is 6.09. The van der Waals surface area contributed by atoms with Crippen molar-refractivity contribution >= 4 is 5.96 Å². The number of hydrogen-bond acceptors (Lipinski definition) is 4. The van der Waals surface area contributed by atoms with E-state index in [0.29, 0.717) is 19.0 Å². The lowest BCUT2D eigenvalue weighted by atomic mass is 10.1. The predicted molar refractivity (Wildman–Crippen MR) is 102 cm³/mol. The third-order valence-corrected chi connectivity index (χ3v) is 3.84. The maximum absolute atomic E-state index is 5.59. The van der Waals surface area contributed by atoms with Crippen LogP contribution in [0.2, 0.25) is 0 Å². The topological polar surface area (TPSA) is 75.6 Å². The summed E-state index contributed by atoms with van der Waals surface area (Å²) in [5.41, 5.74) is 3.12. The molecule has 0 unspecified atom stereocenters. The number of hydrogen-bond donors (Lipinski definition) is 2. The molecular formula is C20H24N4O2. The van der Waals surface area contributed by atoms with Crippen molar-refractivity contribution in [1.29, 1.82) is 0 Å². The molecule has 2 N–H and O–H groups in total. The fourth-order valence-corrected chi connectivity index (χ4v) is 2.46. The van der Waals surface area contributed by atoms with Gasteiger partial charge in [-0.1, -0.05) is 17.7 Å². The Bertz CT molecular complexity index is 820. The van der Waals surface area contributed by atoms with Crippen molar-refractivity contribution in [2.45, 2.75) is 26.8 Å². The number of aliphatic imine (C=N–C) groups is 1. The molecule has 0 atom stereocenters. The Morgan fingerprint density at radius 1 is 1.12 bits per heavy atom. The third-order valence-electron chi connectivity index (χ3n) is 3.84. The van der Waals surface area contributed by atoms with Crippen LogP contribution in [0.3, 0.4) is 0 Å². The van der Waals surface area contributed by atoms with Crippen LogP contribution in [0.4, 0.5) is 0 Å². The monoisotopic (exact) mass is 352 g/mol. The van der Waals surface area contributed by atoms with Crippen LogP contribution >= 0.6 is 0 Å². The highest BCUT2D eigenvalue weighted by atomic mass is 16.3. The van der Waals surface area contributed by atoms with Crippen LogP contribution in [0.1, 0.15) is 23.9 Å². The Balaban J connectivity index is 1.53. The van der Waals surface area contributed by atoms with Crippen LogP contribution in [0.15, 0.2) is 62.8 Å². The first-order valence-corrected chi connectivity index (χ1v) is 8.80. The summed E-state index contributed by atoms with van der Waals surface area (Å²) in [6.45, 7) is 6.11. The van der Waals surface area contributed by atoms with E-state index in [9.17, 15) is 0 Å². The number of benzene rings is 1. The molecule has 6 nitrogen and oxygen atoms in total. The van der Waals surface area contributed by atoms with Crippen LogP contribution in [-0.2, 0) is 13.0 Å². The standard InChI is InChI=1S/C20H24N4O2/c1-3-21-20(23-13-18-5-4-12-25-18)22-11-10-17-14-26-19(24-17)16-8-6-15(2)7-9-16/h4-9,12,14H,3,10-11,13H2,1-2H3,(H2,21,22,23). The molecule has 0 saturated carbocycles. The second-order valence-electron chi connectivity index (χ2n) is 5.96. The first-order valence-electron chi connectivity index (χ1n) is 8.80. The molecule has 0 radical (unpaired) electrons. The first-order chi connectivity index (χ1) is 12.7. The average molecular weight is 352 g/mol. The van der Waals surface area contributed by atoms with Gasteiger partial charge in [-0.15, -0.1) is 0 Å². The van der Waals surface area contributed by atoms with E-state index in [1.54, 1.807) is 12.5 Å². The normalized spacial score (nSPS) is 11.5. The van der Waals surface area contributed by atoms with Crippen molar-refractivity contribution in [2.24, 2.45) is 4.99 Å². The molecule has 1 aromatic carbocycles. The first kappa shape index (κ1) is 17.8. The lowest BCUT2D eigenvalue weighted by Crippen LogP contribution is -2.38. The Morgan fingerprint density at radius 3 is 2.69 bits per heavy atom. The number of nitrogens with one attached hydrogen (secondary N) is 2. The van der Waals surface area contributed by atoms with E-state index in [4.69, 9.17) is 8.83 Å². The van der Waals surface area contributed by atoms with Crippen molar-refractivity contribution in [1.82, 2.24) is 15.6 Å². The highest BCUT2D eigenvalue weighted by molar-refractivity contribution is 5.79. The van der Waals surface area contributed by atoms with Gasteiger partial charge in [0.25, 0.3) is 0 Å². The number of nitrogens with zero attached hydrogens (tertiary/aromatic N) is 2. The Morgan fingerprint density at radius 2 is 1.96 bits per heavy atom. The Labute approximate surface area is 153 Å². The number of guanidine groups is 1. The van der Waals surface area contributed by atoms with Gasteiger partial charge in [-0.2, -0.15) is 0 Å². The van der Waals surface area contributed by atoms with Gasteiger partial charge in [-0.25, -0.2) is 9.98 Å². The summed E-state index contributed by atoms with van der Waals surface area (Å²) >= 11 is 0. The molecule has 136 valence electrons. The largest absolute Gasteiger partial charge is 0.467 e. The zero-order valence-electron chi connectivity index (χ0n) is 15.2. The molecule has 3 aromatic rings. The molecule has 26 heavy (non-hydrogen) atoms. The zero-order valence-corrected chi connectivity index (χ0v) is 15.2. The molecular weight excluding hydrogens is 328 g/mol. The summed E-state index contributed by atoms with van der Waals surface area (Å²) in [6, 6.07) is 11.9. The van der Waals surface area contributed by atoms with Crippen LogP contribution in [0, 0.1) is 6.92 Å². The van der Waals surface area contributed by atoms with Crippen molar-refractivity contribution in [3.63, 3.8) is 0 Å². The molecule has 0 amide bonds. The molecule has 3 rings (SSSR count). The van der Waals surface area contributed by atoms with E-state index >= 15 is 0 Å². The lowest BCUT2D eigenvalue weighted by Gasteiger charge is -2.10. The lowest BCUT2D eigenvalue weighted by molar-refractivity contribution is 0.512. The van der Waals surface area contributed by atoms with Gasteiger partial charge in [0, 0.05) is 25.1 Å². The second-order valence-corrected chi connectivity index (χ2v) is 5.96. The highest BCUT2D eigenvalue weighted by Crippen LogP contribution is 2.19. The second kappa shape index (κ2) is 8.89. The van der Waals surface area contributed by atoms with Crippen LogP contribution in [0.25, 0.3) is 11.5 Å². The maximum Gasteiger partial charge on any atom is 0.226 e. The molecule has 2 aromatic heterocycles. The van der Waals surface area contributed by atoms with Gasteiger partial charge in [0.15, 0.2) is 5.96 Å². The Hall–Kier alpha value is -3.02. The smallest absolute Gasteiger partial charge is 0.226 e. The number of furan rings is 1. The van der Waals surface area contributed by atoms with Gasteiger partial charge in [-0.05, 0) is 38.1 Å². The van der Waals surface area contributed by atoms with Crippen LogP contribution in [-0.4, -0.2) is 24.0 Å². The van der Waals surface area contributed by atoms with Gasteiger partial charge >= 0.3 is 0 Å². The predicted octanol–water partition coefficient (Wildman–Crippen LogP) is 3.54. The number of oxazole rings is 1. The third kappa shape index (κ3) is 4.99. The van der Waals surface area contributed by atoms with Crippen molar-refractivity contribution in [3.05, 3.63) is 65.9 Å². The van der Waals surface area contributed by atoms with Gasteiger partial charge in [0.1, 0.15) is 18.6 Å². The molecule has 0 bridgehead atoms. The molecule has 6 heteroatoms. The van der Waals surface area contributed by atoms with Crippen molar-refractivity contribution in [2.75, 3.05) is 13.1 Å². The molecule has 2 heterocycles. The quantitative estimate of drug-likeness (QED) is 0.502. The zero-order chi connectivity index (χ0) is 18.2. The van der Waals surface area contributed by atoms with Gasteiger partial charge in [-0.3, -0.25) is 0 Å². The average Bonchev–Trinajstić information content (AvgIpc) is 3.32. The summed E-state index contributed by atoms with van der Waals surface area (Å²) in [4.78, 5) is 9.06. The minimum absolute atomic E-state index is 0.504. The van der Waals surface area contributed by atoms with E-state index < -0.39 is 0 Å². The summed E-state index contributed by atoms with van der Waals surface area (Å²) in [7, 11) is 0. The van der Waals surface area contributed by atoms with E-state index in [1.165, 1.54) is 5.56 Å². The van der Waals surface area contributed by atoms with Crippen LogP contribution in [0.5, 0.6) is 0 Å². The van der Waals surface area contributed by atoms with Crippen LogP contribution < -0.4 is 10.6 Å². The minimum atomic E-state index is 0.504. The maximum atomic E-state index is 5.59.